The quantitative estimate of drug-likeness (QED) is 0.877. The number of nitrogen functional groups attached to an aromatic ring is 1. The summed E-state index contributed by atoms with van der Waals surface area (Å²) in [6, 6.07) is 5.68. The third kappa shape index (κ3) is 2.56. The molecule has 0 spiro atoms. The van der Waals surface area contributed by atoms with Crippen molar-refractivity contribution in [1.29, 1.82) is 0 Å². The maximum atomic E-state index is 12.0. The number of benzene rings is 1. The van der Waals surface area contributed by atoms with Crippen LogP contribution in [0.3, 0.4) is 0 Å². The average molecular weight is 293 g/mol. The normalized spacial score (nSPS) is 12.0. The van der Waals surface area contributed by atoms with Gasteiger partial charge in [-0.05, 0) is 43.5 Å². The van der Waals surface area contributed by atoms with E-state index in [9.17, 15) is 8.42 Å². The number of hydrogen-bond acceptors (Lipinski definition) is 4. The Hall–Kier alpha value is -1.82. The molecule has 108 valence electrons. The lowest BCUT2D eigenvalue weighted by atomic mass is 10.0. The minimum Gasteiger partial charge on any atom is -0.399 e. The fourth-order valence-electron chi connectivity index (χ4n) is 1.90. The SMILES string of the molecule is CCc1cc(-c2cnn(S(=O)(=O)C(C)C)c2)ccc1N. The smallest absolute Gasteiger partial charge is 0.256 e. The molecule has 0 aliphatic rings. The van der Waals surface area contributed by atoms with Crippen molar-refractivity contribution in [2.45, 2.75) is 32.4 Å². The summed E-state index contributed by atoms with van der Waals surface area (Å²) in [5.74, 6) is 0. The second-order valence-corrected chi connectivity index (χ2v) is 7.31. The van der Waals surface area contributed by atoms with E-state index in [1.165, 1.54) is 0 Å². The number of hydrogen-bond donors (Lipinski definition) is 1. The standard InChI is InChI=1S/C14H19N3O2S/c1-4-11-7-12(5-6-14(11)15)13-8-16-17(9-13)20(18,19)10(2)3/h5-10H,4,15H2,1-3H3. The van der Waals surface area contributed by atoms with Crippen LogP contribution in [0.2, 0.25) is 0 Å². The van der Waals surface area contributed by atoms with Gasteiger partial charge in [0.15, 0.2) is 0 Å². The van der Waals surface area contributed by atoms with E-state index in [4.69, 9.17) is 5.73 Å². The zero-order valence-electron chi connectivity index (χ0n) is 11.9. The summed E-state index contributed by atoms with van der Waals surface area (Å²) in [7, 11) is -3.41. The Balaban J connectivity index is 2.44. The molecular formula is C14H19N3O2S. The molecule has 0 atom stereocenters. The van der Waals surface area contributed by atoms with E-state index in [0.717, 1.165) is 32.9 Å². The van der Waals surface area contributed by atoms with Gasteiger partial charge in [-0.3, -0.25) is 0 Å². The molecule has 0 saturated heterocycles. The van der Waals surface area contributed by atoms with Gasteiger partial charge in [0.1, 0.15) is 0 Å². The van der Waals surface area contributed by atoms with Crippen LogP contribution in [0, 0.1) is 0 Å². The third-order valence-electron chi connectivity index (χ3n) is 3.27. The number of nitrogens with two attached hydrogens (primary N) is 1. The van der Waals surface area contributed by atoms with Crippen molar-refractivity contribution in [2.24, 2.45) is 0 Å². The fourth-order valence-corrected chi connectivity index (χ4v) is 2.77. The zero-order chi connectivity index (χ0) is 14.9. The lowest BCUT2D eigenvalue weighted by molar-refractivity contribution is 0.571. The minimum absolute atomic E-state index is 0.507. The molecule has 1 aromatic heterocycles. The molecule has 0 bridgehead atoms. The van der Waals surface area contributed by atoms with Crippen molar-refractivity contribution in [3.05, 3.63) is 36.2 Å². The highest BCUT2D eigenvalue weighted by Crippen LogP contribution is 2.24. The van der Waals surface area contributed by atoms with Gasteiger partial charge in [0.25, 0.3) is 10.0 Å². The second kappa shape index (κ2) is 5.28. The molecule has 2 N–H and O–H groups in total. The molecule has 0 saturated carbocycles. The topological polar surface area (TPSA) is 78.0 Å². The third-order valence-corrected chi connectivity index (χ3v) is 5.19. The van der Waals surface area contributed by atoms with Gasteiger partial charge >= 0.3 is 0 Å². The largest absolute Gasteiger partial charge is 0.399 e. The van der Waals surface area contributed by atoms with Gasteiger partial charge in [0, 0.05) is 11.3 Å². The highest BCUT2D eigenvalue weighted by molar-refractivity contribution is 7.90. The first-order valence-corrected chi connectivity index (χ1v) is 8.04. The van der Waals surface area contributed by atoms with Crippen molar-refractivity contribution >= 4 is 15.7 Å². The predicted molar refractivity (Wildman–Crippen MR) is 80.9 cm³/mol. The first-order valence-electron chi connectivity index (χ1n) is 6.54. The minimum atomic E-state index is -3.41. The summed E-state index contributed by atoms with van der Waals surface area (Å²) < 4.78 is 25.1. The molecule has 5 nitrogen and oxygen atoms in total. The zero-order valence-corrected chi connectivity index (χ0v) is 12.7. The molecular weight excluding hydrogens is 274 g/mol. The van der Waals surface area contributed by atoms with Crippen molar-refractivity contribution < 1.29 is 8.42 Å². The summed E-state index contributed by atoms with van der Waals surface area (Å²) in [5, 5.41) is 3.45. The van der Waals surface area contributed by atoms with Crippen molar-refractivity contribution in [3.8, 4) is 11.1 Å². The lowest BCUT2D eigenvalue weighted by Gasteiger charge is -2.07. The monoisotopic (exact) mass is 293 g/mol. The second-order valence-electron chi connectivity index (χ2n) is 4.96. The molecule has 0 fully saturated rings. The molecule has 0 aliphatic heterocycles. The first-order chi connectivity index (χ1) is 9.36. The van der Waals surface area contributed by atoms with Crippen molar-refractivity contribution in [3.63, 3.8) is 0 Å². The Labute approximate surface area is 119 Å². The molecule has 1 heterocycles. The van der Waals surface area contributed by atoms with Gasteiger partial charge in [0.05, 0.1) is 17.6 Å². The van der Waals surface area contributed by atoms with E-state index in [-0.39, 0.29) is 0 Å². The van der Waals surface area contributed by atoms with E-state index < -0.39 is 15.3 Å². The van der Waals surface area contributed by atoms with Crippen LogP contribution in [0.15, 0.2) is 30.6 Å². The van der Waals surface area contributed by atoms with Gasteiger partial charge in [-0.15, -0.1) is 0 Å². The van der Waals surface area contributed by atoms with Crippen LogP contribution in [0.5, 0.6) is 0 Å². The van der Waals surface area contributed by atoms with Crippen LogP contribution < -0.4 is 5.73 Å². The first kappa shape index (κ1) is 14.6. The maximum absolute atomic E-state index is 12.0. The molecule has 0 radical (unpaired) electrons. The number of rotatable bonds is 4. The van der Waals surface area contributed by atoms with Gasteiger partial charge in [0.2, 0.25) is 0 Å². The Morgan fingerprint density at radius 2 is 2.00 bits per heavy atom. The van der Waals surface area contributed by atoms with Crippen LogP contribution in [0.25, 0.3) is 11.1 Å². The van der Waals surface area contributed by atoms with Gasteiger partial charge < -0.3 is 5.73 Å². The van der Waals surface area contributed by atoms with Crippen molar-refractivity contribution in [2.75, 3.05) is 5.73 Å². The molecule has 1 aromatic carbocycles. The van der Waals surface area contributed by atoms with Gasteiger partial charge in [-0.25, -0.2) is 8.42 Å². The van der Waals surface area contributed by atoms with Crippen LogP contribution in [0.4, 0.5) is 5.69 Å². The molecule has 2 aromatic rings. The summed E-state index contributed by atoms with van der Waals surface area (Å²) in [6.07, 6.45) is 3.93. The van der Waals surface area contributed by atoms with E-state index in [1.807, 2.05) is 25.1 Å². The van der Waals surface area contributed by atoms with E-state index in [1.54, 1.807) is 26.2 Å². The van der Waals surface area contributed by atoms with Crippen LogP contribution in [0.1, 0.15) is 26.3 Å². The maximum Gasteiger partial charge on any atom is 0.256 e. The van der Waals surface area contributed by atoms with Crippen molar-refractivity contribution in [1.82, 2.24) is 9.19 Å². The highest BCUT2D eigenvalue weighted by Gasteiger charge is 2.19. The molecule has 6 heteroatoms. The summed E-state index contributed by atoms with van der Waals surface area (Å²) in [5.41, 5.74) is 9.35. The fraction of sp³-hybridized carbons (Fsp3) is 0.357. The van der Waals surface area contributed by atoms with Crippen LogP contribution >= 0.6 is 0 Å². The number of nitrogens with zero attached hydrogens (tertiary/aromatic N) is 2. The van der Waals surface area contributed by atoms with Gasteiger partial charge in [-0.1, -0.05) is 13.0 Å². The summed E-state index contributed by atoms with van der Waals surface area (Å²) >= 11 is 0. The highest BCUT2D eigenvalue weighted by atomic mass is 32.2. The molecule has 0 aliphatic carbocycles. The Morgan fingerprint density at radius 1 is 1.30 bits per heavy atom. The number of aromatic nitrogens is 2. The Morgan fingerprint density at radius 3 is 2.60 bits per heavy atom. The molecule has 0 unspecified atom stereocenters. The average Bonchev–Trinajstić information content (AvgIpc) is 2.89. The Bertz CT molecular complexity index is 718. The molecule has 2 rings (SSSR count). The van der Waals surface area contributed by atoms with E-state index in [0.29, 0.717) is 0 Å². The Kier molecular flexibility index (Phi) is 3.85. The summed E-state index contributed by atoms with van der Waals surface area (Å²) in [4.78, 5) is 0. The van der Waals surface area contributed by atoms with Crippen LogP contribution in [-0.4, -0.2) is 22.9 Å². The summed E-state index contributed by atoms with van der Waals surface area (Å²) in [6.45, 7) is 5.30. The lowest BCUT2D eigenvalue weighted by Crippen LogP contribution is -2.22. The van der Waals surface area contributed by atoms with E-state index in [2.05, 4.69) is 5.10 Å². The molecule has 0 amide bonds. The predicted octanol–water partition coefficient (Wildman–Crippen LogP) is 2.28. The number of anilines is 1. The van der Waals surface area contributed by atoms with Crippen LogP contribution in [-0.2, 0) is 16.4 Å². The number of aryl methyl sites for hydroxylation is 1. The molecule has 20 heavy (non-hydrogen) atoms. The van der Waals surface area contributed by atoms with E-state index >= 15 is 0 Å². The van der Waals surface area contributed by atoms with Gasteiger partial charge in [-0.2, -0.15) is 9.19 Å².